The van der Waals surface area contributed by atoms with Gasteiger partial charge in [-0.15, -0.1) is 0 Å². The van der Waals surface area contributed by atoms with Crippen LogP contribution in [0.1, 0.15) is 19.8 Å². The number of sulfonamides is 1. The van der Waals surface area contributed by atoms with Gasteiger partial charge in [0.05, 0.1) is 11.8 Å². The molecule has 0 saturated carbocycles. The summed E-state index contributed by atoms with van der Waals surface area (Å²) in [5.41, 5.74) is 0.647. The van der Waals surface area contributed by atoms with Crippen LogP contribution in [0.25, 0.3) is 0 Å². The third-order valence-corrected chi connectivity index (χ3v) is 5.31. The first kappa shape index (κ1) is 15.3. The third kappa shape index (κ3) is 3.31. The van der Waals surface area contributed by atoms with Gasteiger partial charge in [0.15, 0.2) is 0 Å². The molecule has 1 aromatic carbocycles. The van der Waals surface area contributed by atoms with Crippen LogP contribution in [0.3, 0.4) is 0 Å². The van der Waals surface area contributed by atoms with Gasteiger partial charge < -0.3 is 10.1 Å². The maximum absolute atomic E-state index is 12.6. The summed E-state index contributed by atoms with van der Waals surface area (Å²) in [5, 5.41) is 3.09. The minimum absolute atomic E-state index is 0.0149. The number of hydrogen-bond acceptors (Lipinski definition) is 4. The predicted molar refractivity (Wildman–Crippen MR) is 79.4 cm³/mol. The summed E-state index contributed by atoms with van der Waals surface area (Å²) >= 11 is 0. The molecule has 1 saturated heterocycles. The molecule has 1 atom stereocenters. The molecule has 6 heteroatoms. The van der Waals surface area contributed by atoms with E-state index in [2.05, 4.69) is 5.32 Å². The standard InChI is InChI=1S/C14H22N2O3S/c1-3-15-13-8-4-5-9-14(13)20(17,18)16(2)11-12-7-6-10-19-12/h4-5,8-9,12,15H,3,6-7,10-11H2,1-2H3. The van der Waals surface area contributed by atoms with Crippen LogP contribution in [0, 0.1) is 0 Å². The molecule has 1 N–H and O–H groups in total. The molecule has 1 aliphatic heterocycles. The molecule has 1 aromatic rings. The Hall–Kier alpha value is -1.11. The van der Waals surface area contributed by atoms with Gasteiger partial charge in [-0.25, -0.2) is 8.42 Å². The lowest BCUT2D eigenvalue weighted by Crippen LogP contribution is -2.34. The highest BCUT2D eigenvalue weighted by Crippen LogP contribution is 2.25. The Labute approximate surface area is 121 Å². The van der Waals surface area contributed by atoms with Crippen molar-refractivity contribution < 1.29 is 13.2 Å². The molecule has 1 heterocycles. The van der Waals surface area contributed by atoms with Gasteiger partial charge in [0, 0.05) is 26.7 Å². The summed E-state index contributed by atoms with van der Waals surface area (Å²) in [7, 11) is -1.88. The van der Waals surface area contributed by atoms with E-state index in [9.17, 15) is 8.42 Å². The second kappa shape index (κ2) is 6.56. The van der Waals surface area contributed by atoms with Gasteiger partial charge in [0.25, 0.3) is 0 Å². The molecule has 1 fully saturated rings. The first-order valence-corrected chi connectivity index (χ1v) is 8.40. The largest absolute Gasteiger partial charge is 0.384 e. The van der Waals surface area contributed by atoms with E-state index in [1.807, 2.05) is 13.0 Å². The second-order valence-corrected chi connectivity index (χ2v) is 6.96. The number of nitrogens with one attached hydrogen (secondary N) is 1. The minimum Gasteiger partial charge on any atom is -0.384 e. The number of ether oxygens (including phenoxy) is 1. The van der Waals surface area contributed by atoms with Crippen molar-refractivity contribution in [1.29, 1.82) is 0 Å². The van der Waals surface area contributed by atoms with Gasteiger partial charge in [-0.3, -0.25) is 0 Å². The SMILES string of the molecule is CCNc1ccccc1S(=O)(=O)N(C)CC1CCCO1. The van der Waals surface area contributed by atoms with Crippen LogP contribution < -0.4 is 5.32 Å². The fourth-order valence-corrected chi connectivity index (χ4v) is 3.74. The lowest BCUT2D eigenvalue weighted by molar-refractivity contribution is 0.0979. The quantitative estimate of drug-likeness (QED) is 0.871. The number of nitrogens with zero attached hydrogens (tertiary/aromatic N) is 1. The Morgan fingerprint density at radius 3 is 2.80 bits per heavy atom. The van der Waals surface area contributed by atoms with Crippen LogP contribution in [0.4, 0.5) is 5.69 Å². The zero-order valence-corrected chi connectivity index (χ0v) is 12.8. The highest BCUT2D eigenvalue weighted by molar-refractivity contribution is 7.89. The van der Waals surface area contributed by atoms with Gasteiger partial charge in [0.1, 0.15) is 4.90 Å². The summed E-state index contributed by atoms with van der Waals surface area (Å²) in [6.45, 7) is 3.76. The zero-order valence-electron chi connectivity index (χ0n) is 12.0. The summed E-state index contributed by atoms with van der Waals surface area (Å²) in [4.78, 5) is 0.322. The fourth-order valence-electron chi connectivity index (χ4n) is 2.37. The average molecular weight is 298 g/mol. The van der Waals surface area contributed by atoms with Crippen LogP contribution in [-0.4, -0.2) is 45.6 Å². The monoisotopic (exact) mass is 298 g/mol. The summed E-state index contributed by atoms with van der Waals surface area (Å²) in [6.07, 6.45) is 1.95. The van der Waals surface area contributed by atoms with Crippen molar-refractivity contribution in [2.75, 3.05) is 32.1 Å². The maximum Gasteiger partial charge on any atom is 0.244 e. The first-order valence-electron chi connectivity index (χ1n) is 6.96. The molecule has 0 aromatic heterocycles. The van der Waals surface area contributed by atoms with Crippen LogP contribution >= 0.6 is 0 Å². The van der Waals surface area contributed by atoms with Crippen LogP contribution in [0.2, 0.25) is 0 Å². The Kier molecular flexibility index (Phi) is 5.01. The van der Waals surface area contributed by atoms with Gasteiger partial charge in [-0.1, -0.05) is 12.1 Å². The van der Waals surface area contributed by atoms with E-state index in [1.54, 1.807) is 25.2 Å². The molecular formula is C14H22N2O3S. The van der Waals surface area contributed by atoms with E-state index in [-0.39, 0.29) is 6.10 Å². The van der Waals surface area contributed by atoms with Gasteiger partial charge >= 0.3 is 0 Å². The number of para-hydroxylation sites is 1. The molecule has 0 aliphatic carbocycles. The van der Waals surface area contributed by atoms with E-state index in [0.29, 0.717) is 23.7 Å². The second-order valence-electron chi connectivity index (χ2n) is 4.95. The smallest absolute Gasteiger partial charge is 0.244 e. The Morgan fingerprint density at radius 2 is 2.15 bits per heavy atom. The van der Waals surface area contributed by atoms with Gasteiger partial charge in [-0.2, -0.15) is 4.31 Å². The molecule has 0 bridgehead atoms. The van der Waals surface area contributed by atoms with E-state index in [0.717, 1.165) is 19.4 Å². The van der Waals surface area contributed by atoms with E-state index >= 15 is 0 Å². The molecule has 0 spiro atoms. The molecule has 1 unspecified atom stereocenters. The Bertz CT molecular complexity index is 539. The highest BCUT2D eigenvalue weighted by atomic mass is 32.2. The molecular weight excluding hydrogens is 276 g/mol. The number of anilines is 1. The van der Waals surface area contributed by atoms with Crippen molar-refractivity contribution in [3.8, 4) is 0 Å². The van der Waals surface area contributed by atoms with E-state index in [4.69, 9.17) is 4.74 Å². The Balaban J connectivity index is 2.20. The van der Waals surface area contributed by atoms with Crippen molar-refractivity contribution in [2.45, 2.75) is 30.8 Å². The number of likely N-dealkylation sites (N-methyl/N-ethyl adjacent to an activating group) is 1. The molecule has 0 amide bonds. The summed E-state index contributed by atoms with van der Waals surface area (Å²) in [6, 6.07) is 7.00. The van der Waals surface area contributed by atoms with Gasteiger partial charge in [-0.05, 0) is 31.9 Å². The molecule has 20 heavy (non-hydrogen) atoms. The zero-order chi connectivity index (χ0) is 14.6. The molecule has 112 valence electrons. The van der Waals surface area contributed by atoms with Crippen molar-refractivity contribution in [2.24, 2.45) is 0 Å². The summed E-state index contributed by atoms with van der Waals surface area (Å²) < 4.78 is 32.2. The molecule has 1 aliphatic rings. The number of benzene rings is 1. The lowest BCUT2D eigenvalue weighted by atomic mass is 10.2. The maximum atomic E-state index is 12.6. The minimum atomic E-state index is -3.49. The summed E-state index contributed by atoms with van der Waals surface area (Å²) in [5.74, 6) is 0. The van der Waals surface area contributed by atoms with Gasteiger partial charge in [0.2, 0.25) is 10.0 Å². The topological polar surface area (TPSA) is 58.6 Å². The number of rotatable bonds is 6. The fraction of sp³-hybridized carbons (Fsp3) is 0.571. The third-order valence-electron chi connectivity index (χ3n) is 3.43. The van der Waals surface area contributed by atoms with Crippen LogP contribution in [0.5, 0.6) is 0 Å². The predicted octanol–water partition coefficient (Wildman–Crippen LogP) is 1.92. The highest BCUT2D eigenvalue weighted by Gasteiger charge is 2.27. The van der Waals surface area contributed by atoms with Crippen molar-refractivity contribution >= 4 is 15.7 Å². The normalized spacial score (nSPS) is 19.4. The van der Waals surface area contributed by atoms with E-state index in [1.165, 1.54) is 4.31 Å². The van der Waals surface area contributed by atoms with Crippen LogP contribution in [0.15, 0.2) is 29.2 Å². The average Bonchev–Trinajstić information content (AvgIpc) is 2.92. The first-order chi connectivity index (χ1) is 9.55. The van der Waals surface area contributed by atoms with Crippen LogP contribution in [-0.2, 0) is 14.8 Å². The number of hydrogen-bond donors (Lipinski definition) is 1. The van der Waals surface area contributed by atoms with Crippen molar-refractivity contribution in [1.82, 2.24) is 4.31 Å². The van der Waals surface area contributed by atoms with Crippen molar-refractivity contribution in [3.63, 3.8) is 0 Å². The van der Waals surface area contributed by atoms with E-state index < -0.39 is 10.0 Å². The lowest BCUT2D eigenvalue weighted by Gasteiger charge is -2.22. The molecule has 0 radical (unpaired) electrons. The molecule has 2 rings (SSSR count). The molecule has 5 nitrogen and oxygen atoms in total. The Morgan fingerprint density at radius 1 is 1.40 bits per heavy atom. The van der Waals surface area contributed by atoms with Crippen molar-refractivity contribution in [3.05, 3.63) is 24.3 Å².